The Morgan fingerprint density at radius 3 is 2.04 bits per heavy atom. The van der Waals surface area contributed by atoms with E-state index in [2.05, 4.69) is 9.97 Å². The van der Waals surface area contributed by atoms with Crippen molar-refractivity contribution in [2.75, 3.05) is 5.73 Å². The number of benzene rings is 2. The first-order valence-electron chi connectivity index (χ1n) is 6.94. The number of phenolic OH excluding ortho intramolecular Hbond substituents is 1. The maximum atomic E-state index is 12.6. The van der Waals surface area contributed by atoms with Crippen molar-refractivity contribution < 1.29 is 18.3 Å². The number of anilines is 1. The van der Waals surface area contributed by atoms with Crippen LogP contribution in [0.4, 0.5) is 19.0 Å². The zero-order valence-corrected chi connectivity index (χ0v) is 12.2. The SMILES string of the molecule is Nc1ncc(-c2ccc(O)cc2)nc1-c1ccc(C(F)(F)F)cc1. The topological polar surface area (TPSA) is 72.0 Å². The molecule has 24 heavy (non-hydrogen) atoms. The van der Waals surface area contributed by atoms with Crippen molar-refractivity contribution in [2.45, 2.75) is 6.18 Å². The first kappa shape index (κ1) is 15.8. The van der Waals surface area contributed by atoms with E-state index in [4.69, 9.17) is 5.73 Å². The quantitative estimate of drug-likeness (QED) is 0.741. The van der Waals surface area contributed by atoms with Gasteiger partial charge in [-0.1, -0.05) is 12.1 Å². The molecule has 0 atom stereocenters. The molecular weight excluding hydrogens is 319 g/mol. The van der Waals surface area contributed by atoms with Crippen molar-refractivity contribution in [3.8, 4) is 28.3 Å². The summed E-state index contributed by atoms with van der Waals surface area (Å²) >= 11 is 0. The molecule has 0 aliphatic heterocycles. The van der Waals surface area contributed by atoms with Crippen molar-refractivity contribution in [2.24, 2.45) is 0 Å². The lowest BCUT2D eigenvalue weighted by Gasteiger charge is -2.10. The van der Waals surface area contributed by atoms with Crippen molar-refractivity contribution in [1.29, 1.82) is 0 Å². The van der Waals surface area contributed by atoms with E-state index in [1.54, 1.807) is 12.1 Å². The van der Waals surface area contributed by atoms with Gasteiger partial charge in [-0.05, 0) is 36.4 Å². The molecule has 0 radical (unpaired) electrons. The van der Waals surface area contributed by atoms with Gasteiger partial charge in [-0.15, -0.1) is 0 Å². The molecule has 0 unspecified atom stereocenters. The lowest BCUT2D eigenvalue weighted by atomic mass is 10.1. The Hall–Kier alpha value is -3.09. The fourth-order valence-electron chi connectivity index (χ4n) is 2.20. The van der Waals surface area contributed by atoms with Crippen LogP contribution in [0.2, 0.25) is 0 Å². The summed E-state index contributed by atoms with van der Waals surface area (Å²) in [5.41, 5.74) is 7.01. The fourth-order valence-corrected chi connectivity index (χ4v) is 2.20. The summed E-state index contributed by atoms with van der Waals surface area (Å²) in [7, 11) is 0. The van der Waals surface area contributed by atoms with E-state index in [9.17, 15) is 18.3 Å². The van der Waals surface area contributed by atoms with Crippen LogP contribution in [-0.2, 0) is 6.18 Å². The highest BCUT2D eigenvalue weighted by Crippen LogP contribution is 2.32. The zero-order chi connectivity index (χ0) is 17.3. The average Bonchev–Trinajstić information content (AvgIpc) is 2.55. The molecule has 0 aliphatic carbocycles. The van der Waals surface area contributed by atoms with Gasteiger partial charge in [-0.2, -0.15) is 13.2 Å². The van der Waals surface area contributed by atoms with Crippen LogP contribution in [0.3, 0.4) is 0 Å². The molecule has 1 aromatic heterocycles. The summed E-state index contributed by atoms with van der Waals surface area (Å²) in [6.45, 7) is 0. The Morgan fingerprint density at radius 2 is 1.46 bits per heavy atom. The molecule has 4 nitrogen and oxygen atoms in total. The molecule has 3 rings (SSSR count). The lowest BCUT2D eigenvalue weighted by Crippen LogP contribution is -2.04. The molecular formula is C17H12F3N3O. The highest BCUT2D eigenvalue weighted by atomic mass is 19.4. The monoisotopic (exact) mass is 331 g/mol. The van der Waals surface area contributed by atoms with Crippen LogP contribution in [0.15, 0.2) is 54.7 Å². The number of hydrogen-bond donors (Lipinski definition) is 2. The van der Waals surface area contributed by atoms with Gasteiger partial charge in [0.05, 0.1) is 17.5 Å². The lowest BCUT2D eigenvalue weighted by molar-refractivity contribution is -0.137. The van der Waals surface area contributed by atoms with Crippen LogP contribution < -0.4 is 5.73 Å². The second-order valence-corrected chi connectivity index (χ2v) is 5.11. The summed E-state index contributed by atoms with van der Waals surface area (Å²) in [5.74, 6) is 0.238. The van der Waals surface area contributed by atoms with Gasteiger partial charge in [0.1, 0.15) is 17.3 Å². The second-order valence-electron chi connectivity index (χ2n) is 5.11. The third kappa shape index (κ3) is 3.15. The Bertz CT molecular complexity index is 860. The molecule has 0 fully saturated rings. The first-order valence-corrected chi connectivity index (χ1v) is 6.94. The summed E-state index contributed by atoms with van der Waals surface area (Å²) in [4.78, 5) is 8.44. The Labute approximate surface area is 135 Å². The first-order chi connectivity index (χ1) is 11.3. The summed E-state index contributed by atoms with van der Waals surface area (Å²) < 4.78 is 37.9. The van der Waals surface area contributed by atoms with Gasteiger partial charge in [-0.3, -0.25) is 0 Å². The number of rotatable bonds is 2. The standard InChI is InChI=1S/C17H12F3N3O/c18-17(19,20)12-5-1-11(2-6-12)15-16(21)22-9-14(23-15)10-3-7-13(24)8-4-10/h1-9,24H,(H2,21,22). The minimum Gasteiger partial charge on any atom is -0.508 e. The number of alkyl halides is 3. The smallest absolute Gasteiger partial charge is 0.416 e. The summed E-state index contributed by atoms with van der Waals surface area (Å²) in [6, 6.07) is 10.9. The molecule has 1 heterocycles. The number of hydrogen-bond acceptors (Lipinski definition) is 4. The predicted molar refractivity (Wildman–Crippen MR) is 84.0 cm³/mol. The highest BCUT2D eigenvalue weighted by Gasteiger charge is 2.30. The van der Waals surface area contributed by atoms with E-state index >= 15 is 0 Å². The van der Waals surface area contributed by atoms with E-state index in [0.29, 0.717) is 22.5 Å². The van der Waals surface area contributed by atoms with Crippen LogP contribution in [0.1, 0.15) is 5.56 Å². The summed E-state index contributed by atoms with van der Waals surface area (Å²) in [5, 5.41) is 9.32. The van der Waals surface area contributed by atoms with Crippen LogP contribution in [0, 0.1) is 0 Å². The molecule has 0 bridgehead atoms. The third-order valence-corrected chi connectivity index (χ3v) is 3.45. The van der Waals surface area contributed by atoms with Gasteiger partial charge >= 0.3 is 6.18 Å². The fraction of sp³-hybridized carbons (Fsp3) is 0.0588. The minimum atomic E-state index is -4.40. The van der Waals surface area contributed by atoms with Gasteiger partial charge in [0, 0.05) is 11.1 Å². The third-order valence-electron chi connectivity index (χ3n) is 3.45. The Balaban J connectivity index is 2.02. The van der Waals surface area contributed by atoms with Crippen molar-refractivity contribution in [3.05, 3.63) is 60.3 Å². The normalized spacial score (nSPS) is 11.5. The van der Waals surface area contributed by atoms with Gasteiger partial charge < -0.3 is 10.8 Å². The Morgan fingerprint density at radius 1 is 0.875 bits per heavy atom. The number of nitrogens with two attached hydrogens (primary N) is 1. The van der Waals surface area contributed by atoms with E-state index in [-0.39, 0.29) is 11.6 Å². The number of nitrogen functional groups attached to an aromatic ring is 1. The number of aromatic nitrogens is 2. The minimum absolute atomic E-state index is 0.116. The Kier molecular flexibility index (Phi) is 3.84. The van der Waals surface area contributed by atoms with Gasteiger partial charge in [0.15, 0.2) is 0 Å². The molecule has 3 N–H and O–H groups in total. The van der Waals surface area contributed by atoms with E-state index in [1.807, 2.05) is 0 Å². The van der Waals surface area contributed by atoms with Gasteiger partial charge in [0.25, 0.3) is 0 Å². The largest absolute Gasteiger partial charge is 0.508 e. The highest BCUT2D eigenvalue weighted by molar-refractivity contribution is 5.73. The van der Waals surface area contributed by atoms with Crippen LogP contribution in [-0.4, -0.2) is 15.1 Å². The van der Waals surface area contributed by atoms with E-state index in [0.717, 1.165) is 12.1 Å². The molecule has 0 aliphatic rings. The van der Waals surface area contributed by atoms with Crippen molar-refractivity contribution in [1.82, 2.24) is 9.97 Å². The predicted octanol–water partition coefficient (Wildman–Crippen LogP) is 4.12. The van der Waals surface area contributed by atoms with Crippen LogP contribution in [0.25, 0.3) is 22.5 Å². The van der Waals surface area contributed by atoms with E-state index < -0.39 is 11.7 Å². The molecule has 3 aromatic rings. The van der Waals surface area contributed by atoms with Gasteiger partial charge in [0.2, 0.25) is 0 Å². The molecule has 122 valence electrons. The molecule has 0 spiro atoms. The maximum absolute atomic E-state index is 12.6. The van der Waals surface area contributed by atoms with Crippen molar-refractivity contribution in [3.63, 3.8) is 0 Å². The molecule has 2 aromatic carbocycles. The number of nitrogens with zero attached hydrogens (tertiary/aromatic N) is 2. The van der Waals surface area contributed by atoms with Crippen LogP contribution >= 0.6 is 0 Å². The van der Waals surface area contributed by atoms with Crippen molar-refractivity contribution >= 4 is 5.82 Å². The number of aromatic hydroxyl groups is 1. The second kappa shape index (κ2) is 5.84. The number of phenols is 1. The average molecular weight is 331 g/mol. The molecule has 0 amide bonds. The zero-order valence-electron chi connectivity index (χ0n) is 12.2. The molecule has 0 saturated heterocycles. The van der Waals surface area contributed by atoms with Crippen LogP contribution in [0.5, 0.6) is 5.75 Å². The molecule has 0 saturated carbocycles. The maximum Gasteiger partial charge on any atom is 0.416 e. The number of halogens is 3. The molecule has 7 heteroatoms. The summed E-state index contributed by atoms with van der Waals surface area (Å²) in [6.07, 6.45) is -2.93. The van der Waals surface area contributed by atoms with Gasteiger partial charge in [-0.25, -0.2) is 9.97 Å². The van der Waals surface area contributed by atoms with E-state index in [1.165, 1.54) is 30.5 Å².